The van der Waals surface area contributed by atoms with Crippen molar-refractivity contribution in [1.29, 1.82) is 0 Å². The van der Waals surface area contributed by atoms with E-state index < -0.39 is 0 Å². The van der Waals surface area contributed by atoms with Gasteiger partial charge in [-0.1, -0.05) is 0 Å². The summed E-state index contributed by atoms with van der Waals surface area (Å²) in [5.74, 6) is 0. The van der Waals surface area contributed by atoms with Crippen molar-refractivity contribution in [3.63, 3.8) is 0 Å². The first-order valence-electron chi connectivity index (χ1n) is 4.10. The van der Waals surface area contributed by atoms with E-state index in [-0.39, 0.29) is 11.2 Å². The van der Waals surface area contributed by atoms with Crippen LogP contribution in [0.1, 0.15) is 13.8 Å². The van der Waals surface area contributed by atoms with Gasteiger partial charge < -0.3 is 18.9 Å². The van der Waals surface area contributed by atoms with Crippen LogP contribution >= 0.6 is 0 Å². The van der Waals surface area contributed by atoms with Gasteiger partial charge in [-0.25, -0.2) is 0 Å². The van der Waals surface area contributed by atoms with E-state index in [1.165, 1.54) is 0 Å². The summed E-state index contributed by atoms with van der Waals surface area (Å²) in [6.07, 6.45) is 0. The summed E-state index contributed by atoms with van der Waals surface area (Å²) in [5, 5.41) is 0. The Bertz CT molecular complexity index is 148. The molecule has 12 heavy (non-hydrogen) atoms. The van der Waals surface area contributed by atoms with Gasteiger partial charge in [-0.2, -0.15) is 0 Å². The van der Waals surface area contributed by atoms with Crippen LogP contribution in [0.3, 0.4) is 0 Å². The number of hydrogen-bond donors (Lipinski definition) is 0. The lowest BCUT2D eigenvalue weighted by molar-refractivity contribution is -0.138. The predicted molar refractivity (Wildman–Crippen MR) is 40.6 cm³/mol. The fourth-order valence-electron chi connectivity index (χ4n) is 1.51. The molecule has 2 rings (SSSR count). The molecule has 70 valence electrons. The molecule has 2 saturated heterocycles. The van der Waals surface area contributed by atoms with Gasteiger partial charge in [0.15, 0.2) is 0 Å². The van der Waals surface area contributed by atoms with Crippen LogP contribution in [0.4, 0.5) is 0 Å². The third-order valence-corrected chi connectivity index (χ3v) is 2.80. The molecule has 0 spiro atoms. The summed E-state index contributed by atoms with van der Waals surface area (Å²) < 4.78 is 21.4. The van der Waals surface area contributed by atoms with Gasteiger partial charge in [0.2, 0.25) is 0 Å². The van der Waals surface area contributed by atoms with E-state index in [1.54, 1.807) is 0 Å². The highest BCUT2D eigenvalue weighted by Gasteiger charge is 2.52. The molecule has 0 aromatic heterocycles. The topological polar surface area (TPSA) is 36.9 Å². The first-order valence-corrected chi connectivity index (χ1v) is 4.10. The zero-order chi connectivity index (χ0) is 8.66. The van der Waals surface area contributed by atoms with Crippen LogP contribution in [-0.4, -0.2) is 38.0 Å². The van der Waals surface area contributed by atoms with Crippen molar-refractivity contribution in [2.45, 2.75) is 25.0 Å². The molecular formula is C8H14O4. The summed E-state index contributed by atoms with van der Waals surface area (Å²) in [7, 11) is 0. The summed E-state index contributed by atoms with van der Waals surface area (Å²) >= 11 is 0. The van der Waals surface area contributed by atoms with Crippen LogP contribution in [0.15, 0.2) is 0 Å². The lowest BCUT2D eigenvalue weighted by Gasteiger charge is -2.36. The Labute approximate surface area is 71.7 Å². The Balaban J connectivity index is 2.14. The molecule has 2 unspecified atom stereocenters. The smallest absolute Gasteiger partial charge is 0.147 e. The highest BCUT2D eigenvalue weighted by atomic mass is 16.8. The molecule has 4 heteroatoms. The van der Waals surface area contributed by atoms with Crippen molar-refractivity contribution in [2.24, 2.45) is 0 Å². The van der Waals surface area contributed by atoms with E-state index in [4.69, 9.17) is 18.9 Å². The quantitative estimate of drug-likeness (QED) is 0.580. The van der Waals surface area contributed by atoms with Crippen molar-refractivity contribution in [1.82, 2.24) is 0 Å². The van der Waals surface area contributed by atoms with Crippen molar-refractivity contribution in [2.75, 3.05) is 26.8 Å². The van der Waals surface area contributed by atoms with Crippen LogP contribution in [-0.2, 0) is 18.9 Å². The normalized spacial score (nSPS) is 48.5. The Hall–Kier alpha value is -0.160. The van der Waals surface area contributed by atoms with Crippen molar-refractivity contribution in [3.05, 3.63) is 0 Å². The van der Waals surface area contributed by atoms with Gasteiger partial charge in [-0.15, -0.1) is 0 Å². The molecule has 0 saturated carbocycles. The highest BCUT2D eigenvalue weighted by Crippen LogP contribution is 2.36. The fraction of sp³-hybridized carbons (Fsp3) is 1.00. The largest absolute Gasteiger partial charge is 0.352 e. The maximum atomic E-state index is 5.50. The molecule has 0 aromatic rings. The SMILES string of the molecule is CC1(C2(C)COCO2)COCO1. The monoisotopic (exact) mass is 174 g/mol. The van der Waals surface area contributed by atoms with Crippen molar-refractivity contribution >= 4 is 0 Å². The van der Waals surface area contributed by atoms with Gasteiger partial charge in [0.1, 0.15) is 24.8 Å². The second-order valence-electron chi connectivity index (χ2n) is 3.68. The van der Waals surface area contributed by atoms with Gasteiger partial charge in [-0.3, -0.25) is 0 Å². The summed E-state index contributed by atoms with van der Waals surface area (Å²) in [4.78, 5) is 0. The molecule has 0 aromatic carbocycles. The lowest BCUT2D eigenvalue weighted by atomic mass is 9.87. The van der Waals surface area contributed by atoms with Gasteiger partial charge in [-0.05, 0) is 13.8 Å². The van der Waals surface area contributed by atoms with E-state index in [9.17, 15) is 0 Å². The second-order valence-corrected chi connectivity index (χ2v) is 3.68. The molecule has 2 aliphatic rings. The van der Waals surface area contributed by atoms with E-state index >= 15 is 0 Å². The van der Waals surface area contributed by atoms with Crippen molar-refractivity contribution < 1.29 is 18.9 Å². The van der Waals surface area contributed by atoms with Gasteiger partial charge >= 0.3 is 0 Å². The third-order valence-electron chi connectivity index (χ3n) is 2.80. The highest BCUT2D eigenvalue weighted by molar-refractivity contribution is 4.99. The molecular weight excluding hydrogens is 160 g/mol. The summed E-state index contributed by atoms with van der Waals surface area (Å²) in [6.45, 7) is 5.86. The minimum Gasteiger partial charge on any atom is -0.352 e. The standard InChI is InChI=1S/C8H14O4/c1-7(3-9-5-11-7)8(2)4-10-6-12-8/h3-6H2,1-2H3. The average Bonchev–Trinajstić information content (AvgIpc) is 2.60. The molecule has 2 aliphatic heterocycles. The maximum absolute atomic E-state index is 5.50. The Kier molecular flexibility index (Phi) is 1.88. The Morgan fingerprint density at radius 3 is 1.50 bits per heavy atom. The van der Waals surface area contributed by atoms with Gasteiger partial charge in [0.05, 0.1) is 13.2 Å². The molecule has 0 amide bonds. The average molecular weight is 174 g/mol. The molecule has 0 radical (unpaired) electrons. The summed E-state index contributed by atoms with van der Waals surface area (Å²) in [5.41, 5.74) is -0.715. The van der Waals surface area contributed by atoms with E-state index in [0.29, 0.717) is 26.8 Å². The van der Waals surface area contributed by atoms with Crippen LogP contribution < -0.4 is 0 Å². The Morgan fingerprint density at radius 2 is 1.25 bits per heavy atom. The van der Waals surface area contributed by atoms with E-state index in [1.807, 2.05) is 13.8 Å². The van der Waals surface area contributed by atoms with Crippen LogP contribution in [0, 0.1) is 0 Å². The number of hydrogen-bond acceptors (Lipinski definition) is 4. The number of ether oxygens (including phenoxy) is 4. The first kappa shape index (κ1) is 8.44. The maximum Gasteiger partial charge on any atom is 0.147 e. The molecule has 4 nitrogen and oxygen atoms in total. The van der Waals surface area contributed by atoms with Crippen LogP contribution in [0.2, 0.25) is 0 Å². The fourth-order valence-corrected chi connectivity index (χ4v) is 1.51. The van der Waals surface area contributed by atoms with Gasteiger partial charge in [0.25, 0.3) is 0 Å². The Morgan fingerprint density at radius 1 is 0.833 bits per heavy atom. The molecule has 0 aliphatic carbocycles. The molecule has 0 bridgehead atoms. The van der Waals surface area contributed by atoms with Crippen molar-refractivity contribution in [3.8, 4) is 0 Å². The van der Waals surface area contributed by atoms with Crippen LogP contribution in [0.25, 0.3) is 0 Å². The lowest BCUT2D eigenvalue weighted by Crippen LogP contribution is -2.53. The van der Waals surface area contributed by atoms with Crippen LogP contribution in [0.5, 0.6) is 0 Å². The van der Waals surface area contributed by atoms with E-state index in [0.717, 1.165) is 0 Å². The van der Waals surface area contributed by atoms with E-state index in [2.05, 4.69) is 0 Å². The molecule has 0 N–H and O–H groups in total. The van der Waals surface area contributed by atoms with Gasteiger partial charge in [0, 0.05) is 0 Å². The minimum absolute atomic E-state index is 0.357. The molecule has 2 atom stereocenters. The second kappa shape index (κ2) is 2.67. The number of rotatable bonds is 1. The zero-order valence-corrected chi connectivity index (χ0v) is 7.46. The summed E-state index contributed by atoms with van der Waals surface area (Å²) in [6, 6.07) is 0. The minimum atomic E-state index is -0.358. The molecule has 2 fully saturated rings. The zero-order valence-electron chi connectivity index (χ0n) is 7.46. The third kappa shape index (κ3) is 1.07. The molecule has 2 heterocycles. The first-order chi connectivity index (χ1) is 5.66. The predicted octanol–water partition coefficient (Wildman–Crippen LogP) is 0.512.